The Morgan fingerprint density at radius 3 is 2.63 bits per heavy atom. The molecule has 0 bridgehead atoms. The van der Waals surface area contributed by atoms with Crippen LogP contribution >= 0.6 is 11.6 Å². The van der Waals surface area contributed by atoms with Crippen LogP contribution in [0, 0.1) is 5.41 Å². The van der Waals surface area contributed by atoms with Crippen LogP contribution in [-0.2, 0) is 4.79 Å². The smallest absolute Gasteiger partial charge is 0.321 e. The molecule has 2 aromatic rings. The molecule has 2 atom stereocenters. The number of carbonyl (C=O) groups is 2. The highest BCUT2D eigenvalue weighted by Gasteiger charge is 2.55. The monoisotopic (exact) mass is 496 g/mol. The van der Waals surface area contributed by atoms with Crippen molar-refractivity contribution in [1.82, 2.24) is 9.80 Å². The molecule has 9 heteroatoms. The summed E-state index contributed by atoms with van der Waals surface area (Å²) in [5, 5.41) is 13.6. The van der Waals surface area contributed by atoms with E-state index in [2.05, 4.69) is 5.32 Å². The highest BCUT2D eigenvalue weighted by molar-refractivity contribution is 6.33. The first-order valence-corrected chi connectivity index (χ1v) is 12.2. The Hall–Kier alpha value is -3.10. The summed E-state index contributed by atoms with van der Waals surface area (Å²) < 4.78 is 5.40. The van der Waals surface area contributed by atoms with Crippen LogP contribution in [0.4, 0.5) is 16.2 Å². The van der Waals surface area contributed by atoms with Crippen LogP contribution in [0.5, 0.6) is 5.75 Å². The first kappa shape index (κ1) is 23.6. The Morgan fingerprint density at radius 2 is 1.97 bits per heavy atom. The first-order chi connectivity index (χ1) is 16.9. The van der Waals surface area contributed by atoms with Gasteiger partial charge in [0.2, 0.25) is 5.91 Å². The molecule has 8 nitrogen and oxygen atoms in total. The minimum atomic E-state index is -0.455. The standard InChI is InChI=1S/C26H29ClN4O4/c1-16(33)31-15-26(9-11-30(12-10-26)25(34)29-20-6-4-3-5-19(20)27)23-18-8-7-17(35-2)13-21(18)28-24(23)22(31)14-32/h3-8,13,22-23,32H,9-12,14-15H2,1-2H3,(H,29,34)/t22-,23?/m0/s1. The van der Waals surface area contributed by atoms with Crippen molar-refractivity contribution in [2.24, 2.45) is 10.4 Å². The second kappa shape index (κ2) is 9.17. The fraction of sp³-hybridized carbons (Fsp3) is 0.423. The van der Waals surface area contributed by atoms with Crippen molar-refractivity contribution in [3.8, 4) is 5.75 Å². The number of halogens is 1. The van der Waals surface area contributed by atoms with Gasteiger partial charge in [-0.2, -0.15) is 0 Å². The first-order valence-electron chi connectivity index (χ1n) is 11.8. The van der Waals surface area contributed by atoms with Gasteiger partial charge < -0.3 is 25.0 Å². The van der Waals surface area contributed by atoms with E-state index in [1.54, 1.807) is 29.0 Å². The summed E-state index contributed by atoms with van der Waals surface area (Å²) in [5.41, 5.74) is 3.05. The number of aliphatic imine (C=N–C) groups is 1. The lowest BCUT2D eigenvalue weighted by Gasteiger charge is -2.53. The van der Waals surface area contributed by atoms with Crippen molar-refractivity contribution < 1.29 is 19.4 Å². The molecule has 3 heterocycles. The Kier molecular flexibility index (Phi) is 6.19. The van der Waals surface area contributed by atoms with Gasteiger partial charge in [-0.05, 0) is 36.6 Å². The van der Waals surface area contributed by atoms with E-state index >= 15 is 0 Å². The van der Waals surface area contributed by atoms with E-state index in [-0.39, 0.29) is 29.9 Å². The van der Waals surface area contributed by atoms with Gasteiger partial charge in [-0.25, -0.2) is 4.79 Å². The number of benzene rings is 2. The fourth-order valence-electron chi connectivity index (χ4n) is 5.85. The average molecular weight is 497 g/mol. The predicted molar refractivity (Wildman–Crippen MR) is 135 cm³/mol. The average Bonchev–Trinajstić information content (AvgIpc) is 3.25. The van der Waals surface area contributed by atoms with E-state index in [0.29, 0.717) is 43.2 Å². The number of rotatable bonds is 3. The van der Waals surface area contributed by atoms with E-state index in [1.165, 1.54) is 6.92 Å². The van der Waals surface area contributed by atoms with Crippen LogP contribution in [0.15, 0.2) is 47.5 Å². The zero-order valence-electron chi connectivity index (χ0n) is 19.8. The number of likely N-dealkylation sites (tertiary alicyclic amines) is 2. The molecule has 3 aliphatic rings. The summed E-state index contributed by atoms with van der Waals surface area (Å²) >= 11 is 6.21. The highest BCUT2D eigenvalue weighted by Crippen LogP contribution is 2.55. The summed E-state index contributed by atoms with van der Waals surface area (Å²) in [6.07, 6.45) is 1.42. The molecule has 35 heavy (non-hydrogen) atoms. The number of amides is 3. The van der Waals surface area contributed by atoms with Crippen molar-refractivity contribution in [3.63, 3.8) is 0 Å². The quantitative estimate of drug-likeness (QED) is 0.670. The molecule has 2 aromatic carbocycles. The van der Waals surface area contributed by atoms with Gasteiger partial charge in [-0.1, -0.05) is 29.8 Å². The summed E-state index contributed by atoms with van der Waals surface area (Å²) in [7, 11) is 1.62. The molecule has 3 aliphatic heterocycles. The van der Waals surface area contributed by atoms with Crippen molar-refractivity contribution >= 4 is 40.6 Å². The minimum Gasteiger partial charge on any atom is -0.497 e. The zero-order chi connectivity index (χ0) is 24.7. The molecule has 2 fully saturated rings. The molecule has 5 rings (SSSR count). The second-order valence-corrected chi connectivity index (χ2v) is 9.91. The molecule has 0 radical (unpaired) electrons. The molecule has 0 saturated carbocycles. The van der Waals surface area contributed by atoms with E-state index in [1.807, 2.05) is 30.3 Å². The van der Waals surface area contributed by atoms with Gasteiger partial charge >= 0.3 is 6.03 Å². The maximum Gasteiger partial charge on any atom is 0.321 e. The molecule has 2 N–H and O–H groups in total. The molecule has 1 unspecified atom stereocenters. The normalized spacial score (nSPS) is 22.3. The molecule has 0 aromatic heterocycles. The number of piperidine rings is 2. The third-order valence-electron chi connectivity index (χ3n) is 7.65. The maximum absolute atomic E-state index is 13.0. The molecule has 1 spiro atoms. The Bertz CT molecular complexity index is 1190. The van der Waals surface area contributed by atoms with Crippen molar-refractivity contribution in [2.45, 2.75) is 31.7 Å². The largest absolute Gasteiger partial charge is 0.497 e. The number of nitrogens with one attached hydrogen (secondary N) is 1. The molecule has 3 amide bonds. The van der Waals surface area contributed by atoms with Crippen LogP contribution < -0.4 is 10.1 Å². The number of ether oxygens (including phenoxy) is 1. The van der Waals surface area contributed by atoms with Crippen LogP contribution in [0.1, 0.15) is 31.2 Å². The van der Waals surface area contributed by atoms with E-state index in [4.69, 9.17) is 21.3 Å². The molecule has 2 saturated heterocycles. The van der Waals surface area contributed by atoms with Crippen LogP contribution in [-0.4, -0.2) is 71.9 Å². The number of fused-ring (bicyclic) bond motifs is 4. The number of urea groups is 1. The zero-order valence-corrected chi connectivity index (χ0v) is 20.6. The van der Waals surface area contributed by atoms with Crippen LogP contribution in [0.25, 0.3) is 0 Å². The third kappa shape index (κ3) is 4.04. The minimum absolute atomic E-state index is 0.0232. The number of methoxy groups -OCH3 is 1. The van der Waals surface area contributed by atoms with Gasteiger partial charge in [-0.15, -0.1) is 0 Å². The van der Waals surface area contributed by atoms with Gasteiger partial charge in [0.15, 0.2) is 0 Å². The summed E-state index contributed by atoms with van der Waals surface area (Å²) in [6.45, 7) is 2.96. The number of hydrogen-bond acceptors (Lipinski definition) is 5. The van der Waals surface area contributed by atoms with Gasteiger partial charge in [0.25, 0.3) is 0 Å². The SMILES string of the molecule is COc1ccc2c(c1)N=C1C2C2(CCN(C(=O)Nc3ccccc3Cl)CC2)CN(C(C)=O)[C@H]1CO. The lowest BCUT2D eigenvalue weighted by atomic mass is 9.61. The predicted octanol–water partition coefficient (Wildman–Crippen LogP) is 4.06. The van der Waals surface area contributed by atoms with Crippen molar-refractivity contribution in [3.05, 3.63) is 53.1 Å². The van der Waals surface area contributed by atoms with E-state index in [9.17, 15) is 14.7 Å². The van der Waals surface area contributed by atoms with Gasteiger partial charge in [0.05, 0.1) is 41.9 Å². The van der Waals surface area contributed by atoms with Gasteiger partial charge in [-0.3, -0.25) is 9.79 Å². The molecular formula is C26H29ClN4O4. The Labute approximate surface area is 209 Å². The Balaban J connectivity index is 1.43. The number of aliphatic hydroxyl groups is 1. The number of carbonyl (C=O) groups excluding carboxylic acids is 2. The maximum atomic E-state index is 13.0. The van der Waals surface area contributed by atoms with Crippen LogP contribution in [0.2, 0.25) is 5.02 Å². The number of hydrogen-bond donors (Lipinski definition) is 2. The Morgan fingerprint density at radius 1 is 1.23 bits per heavy atom. The summed E-state index contributed by atoms with van der Waals surface area (Å²) in [6, 6.07) is 12.4. The number of aliphatic hydroxyl groups excluding tert-OH is 1. The van der Waals surface area contributed by atoms with Crippen molar-refractivity contribution in [2.75, 3.05) is 38.7 Å². The van der Waals surface area contributed by atoms with Gasteiger partial charge in [0, 0.05) is 44.0 Å². The second-order valence-electron chi connectivity index (χ2n) is 9.50. The topological polar surface area (TPSA) is 94.5 Å². The summed E-state index contributed by atoms with van der Waals surface area (Å²) in [5.74, 6) is 0.609. The van der Waals surface area contributed by atoms with Crippen molar-refractivity contribution in [1.29, 1.82) is 0 Å². The lowest BCUT2D eigenvalue weighted by molar-refractivity contribution is -0.134. The van der Waals surface area contributed by atoms with Crippen LogP contribution in [0.3, 0.4) is 0 Å². The fourth-order valence-corrected chi connectivity index (χ4v) is 6.03. The third-order valence-corrected chi connectivity index (χ3v) is 7.98. The van der Waals surface area contributed by atoms with Gasteiger partial charge in [0.1, 0.15) is 5.75 Å². The molecule has 0 aliphatic carbocycles. The number of nitrogens with zero attached hydrogens (tertiary/aromatic N) is 3. The number of anilines is 1. The van der Waals surface area contributed by atoms with E-state index < -0.39 is 6.04 Å². The molecule has 184 valence electrons. The molecular weight excluding hydrogens is 468 g/mol. The summed E-state index contributed by atoms with van der Waals surface area (Å²) in [4.78, 5) is 34.1. The van der Waals surface area contributed by atoms with E-state index in [0.717, 1.165) is 22.7 Å². The lowest BCUT2D eigenvalue weighted by Crippen LogP contribution is -2.62. The number of para-hydroxylation sites is 1. The highest BCUT2D eigenvalue weighted by atomic mass is 35.5.